The summed E-state index contributed by atoms with van der Waals surface area (Å²) in [6.07, 6.45) is 1.58. The Bertz CT molecular complexity index is 656. The molecule has 1 fully saturated rings. The van der Waals surface area contributed by atoms with Crippen molar-refractivity contribution in [3.05, 3.63) is 29.8 Å². The summed E-state index contributed by atoms with van der Waals surface area (Å²) in [7, 11) is -4.15. The van der Waals surface area contributed by atoms with Crippen molar-refractivity contribution in [1.82, 2.24) is 0 Å². The Hall–Kier alpha value is -1.48. The Morgan fingerprint density at radius 3 is 2.40 bits per heavy atom. The molecule has 0 N–H and O–H groups in total. The second-order valence-electron chi connectivity index (χ2n) is 5.37. The molecule has 0 aromatic heterocycles. The van der Waals surface area contributed by atoms with Crippen molar-refractivity contribution in [2.24, 2.45) is 5.92 Å². The van der Waals surface area contributed by atoms with Gasteiger partial charge in [0.25, 0.3) is 0 Å². The fourth-order valence-corrected chi connectivity index (χ4v) is 4.45. The van der Waals surface area contributed by atoms with Crippen molar-refractivity contribution in [2.75, 3.05) is 0 Å². The minimum atomic E-state index is -4.15. The second-order valence-corrected chi connectivity index (χ2v) is 7.59. The Labute approximate surface area is 117 Å². The van der Waals surface area contributed by atoms with Gasteiger partial charge in [-0.15, -0.1) is 0 Å². The van der Waals surface area contributed by atoms with Crippen molar-refractivity contribution in [1.29, 1.82) is 5.26 Å². The zero-order chi connectivity index (χ0) is 15.0. The maximum absolute atomic E-state index is 13.8. The molecule has 1 aromatic carbocycles. The van der Waals surface area contributed by atoms with Crippen molar-refractivity contribution in [3.8, 4) is 6.07 Å². The minimum Gasteiger partial charge on any atom is -0.222 e. The van der Waals surface area contributed by atoms with Gasteiger partial charge in [-0.05, 0) is 43.7 Å². The predicted molar refractivity (Wildman–Crippen MR) is 69.5 cm³/mol. The van der Waals surface area contributed by atoms with Gasteiger partial charge in [0.15, 0.2) is 14.6 Å². The van der Waals surface area contributed by atoms with Gasteiger partial charge in [0.05, 0.1) is 6.07 Å². The zero-order valence-corrected chi connectivity index (χ0v) is 11.9. The minimum absolute atomic E-state index is 0.184. The Morgan fingerprint density at radius 2 is 1.90 bits per heavy atom. The summed E-state index contributed by atoms with van der Waals surface area (Å²) < 4.78 is 50.3. The lowest BCUT2D eigenvalue weighted by Crippen LogP contribution is -2.41. The van der Waals surface area contributed by atoms with Gasteiger partial charge in [-0.2, -0.15) is 5.26 Å². The summed E-state index contributed by atoms with van der Waals surface area (Å²) in [6, 6.07) is 4.20. The molecule has 108 valence electrons. The van der Waals surface area contributed by atoms with Crippen LogP contribution in [0.25, 0.3) is 0 Å². The number of hydrogen-bond acceptors (Lipinski definition) is 3. The molecule has 1 aliphatic rings. The maximum atomic E-state index is 13.8. The lowest BCUT2D eigenvalue weighted by atomic mass is 9.83. The van der Waals surface area contributed by atoms with Crippen molar-refractivity contribution in [3.63, 3.8) is 0 Å². The first-order valence-electron chi connectivity index (χ1n) is 6.43. The molecule has 0 unspecified atom stereocenters. The number of nitriles is 1. The number of sulfone groups is 1. The van der Waals surface area contributed by atoms with E-state index in [-0.39, 0.29) is 12.8 Å². The third-order valence-corrected chi connectivity index (χ3v) is 6.42. The van der Waals surface area contributed by atoms with Gasteiger partial charge in [-0.25, -0.2) is 17.2 Å². The van der Waals surface area contributed by atoms with Crippen LogP contribution in [-0.4, -0.2) is 13.2 Å². The molecule has 0 bridgehead atoms. The highest BCUT2D eigenvalue weighted by atomic mass is 32.2. The molecule has 0 saturated heterocycles. The molecule has 0 amide bonds. The average Bonchev–Trinajstić information content (AvgIpc) is 2.39. The number of benzene rings is 1. The largest absolute Gasteiger partial charge is 0.222 e. The molecule has 6 heteroatoms. The van der Waals surface area contributed by atoms with Crippen LogP contribution in [0.5, 0.6) is 0 Å². The van der Waals surface area contributed by atoms with E-state index in [9.17, 15) is 22.5 Å². The average molecular weight is 299 g/mol. The van der Waals surface area contributed by atoms with Gasteiger partial charge in [-0.3, -0.25) is 0 Å². The van der Waals surface area contributed by atoms with Gasteiger partial charge in [0.1, 0.15) is 16.5 Å². The smallest absolute Gasteiger partial charge is 0.200 e. The van der Waals surface area contributed by atoms with Crippen molar-refractivity contribution in [2.45, 2.75) is 42.2 Å². The van der Waals surface area contributed by atoms with E-state index >= 15 is 0 Å². The Balaban J connectivity index is 2.51. The van der Waals surface area contributed by atoms with Crippen LogP contribution >= 0.6 is 0 Å². The number of rotatable bonds is 2. The molecular weight excluding hydrogens is 284 g/mol. The summed E-state index contributed by atoms with van der Waals surface area (Å²) in [6.45, 7) is 1.99. The van der Waals surface area contributed by atoms with Crippen molar-refractivity contribution < 1.29 is 17.2 Å². The van der Waals surface area contributed by atoms with Crippen LogP contribution in [0, 0.1) is 28.9 Å². The van der Waals surface area contributed by atoms with Crippen LogP contribution < -0.4 is 0 Å². The van der Waals surface area contributed by atoms with Gasteiger partial charge < -0.3 is 0 Å². The quantitative estimate of drug-likeness (QED) is 0.788. The predicted octanol–water partition coefficient (Wildman–Crippen LogP) is 3.21. The first-order chi connectivity index (χ1) is 9.32. The summed E-state index contributed by atoms with van der Waals surface area (Å²) in [5.74, 6) is -1.63. The normalized spacial score (nSPS) is 27.0. The molecule has 0 atom stereocenters. The summed E-state index contributed by atoms with van der Waals surface area (Å²) in [4.78, 5) is -0.588. The fourth-order valence-electron chi connectivity index (χ4n) is 2.57. The first kappa shape index (κ1) is 14.9. The lowest BCUT2D eigenvalue weighted by Gasteiger charge is -2.33. The summed E-state index contributed by atoms with van der Waals surface area (Å²) in [5, 5.41) is 9.34. The topological polar surface area (TPSA) is 57.9 Å². The van der Waals surface area contributed by atoms with E-state index in [4.69, 9.17) is 0 Å². The molecule has 0 radical (unpaired) electrons. The van der Waals surface area contributed by atoms with Gasteiger partial charge >= 0.3 is 0 Å². The molecule has 0 aliphatic heterocycles. The molecule has 20 heavy (non-hydrogen) atoms. The van der Waals surface area contributed by atoms with Crippen LogP contribution in [0.15, 0.2) is 23.1 Å². The van der Waals surface area contributed by atoms with E-state index in [1.807, 2.05) is 13.0 Å². The molecule has 1 saturated carbocycles. The van der Waals surface area contributed by atoms with E-state index in [2.05, 4.69) is 0 Å². The van der Waals surface area contributed by atoms with Gasteiger partial charge in [0, 0.05) is 6.07 Å². The highest BCUT2D eigenvalue weighted by Crippen LogP contribution is 2.41. The molecule has 0 spiro atoms. The number of nitrogens with zero attached hydrogens (tertiary/aromatic N) is 1. The van der Waals surface area contributed by atoms with Crippen LogP contribution in [0.2, 0.25) is 0 Å². The molecule has 2 rings (SSSR count). The van der Waals surface area contributed by atoms with Crippen LogP contribution in [0.3, 0.4) is 0 Å². The van der Waals surface area contributed by atoms with Crippen LogP contribution in [-0.2, 0) is 9.84 Å². The highest BCUT2D eigenvalue weighted by Gasteiger charge is 2.48. The van der Waals surface area contributed by atoms with E-state index in [1.165, 1.54) is 0 Å². The van der Waals surface area contributed by atoms with E-state index in [0.29, 0.717) is 24.8 Å². The van der Waals surface area contributed by atoms with Crippen molar-refractivity contribution >= 4 is 9.84 Å². The monoisotopic (exact) mass is 299 g/mol. The zero-order valence-electron chi connectivity index (χ0n) is 11.1. The van der Waals surface area contributed by atoms with Crippen LogP contribution in [0.4, 0.5) is 8.78 Å². The highest BCUT2D eigenvalue weighted by molar-refractivity contribution is 7.93. The molecule has 1 aromatic rings. The lowest BCUT2D eigenvalue weighted by molar-refractivity contribution is 0.344. The van der Waals surface area contributed by atoms with Gasteiger partial charge in [-0.1, -0.05) is 6.92 Å². The summed E-state index contributed by atoms with van der Waals surface area (Å²) >= 11 is 0. The van der Waals surface area contributed by atoms with Gasteiger partial charge in [0.2, 0.25) is 0 Å². The van der Waals surface area contributed by atoms with E-state index in [0.717, 1.165) is 12.1 Å². The number of halogens is 2. The van der Waals surface area contributed by atoms with E-state index in [1.54, 1.807) is 0 Å². The number of hydrogen-bond donors (Lipinski definition) is 0. The van der Waals surface area contributed by atoms with Crippen LogP contribution in [0.1, 0.15) is 32.6 Å². The Kier molecular flexibility index (Phi) is 3.83. The van der Waals surface area contributed by atoms with E-state index < -0.39 is 31.1 Å². The maximum Gasteiger partial charge on any atom is 0.200 e. The third kappa shape index (κ3) is 2.31. The molecular formula is C14H15F2NO2S. The molecule has 0 heterocycles. The molecule has 1 aliphatic carbocycles. The SMILES string of the molecule is CC1CCC(C#N)(S(=O)(=O)c2ccc(F)cc2F)CC1. The first-order valence-corrected chi connectivity index (χ1v) is 7.92. The second kappa shape index (κ2) is 5.13. The molecule has 3 nitrogen and oxygen atoms in total. The standard InChI is InChI=1S/C14H15F2NO2S/c1-10-4-6-14(9-17,7-5-10)20(18,19)13-3-2-11(15)8-12(13)16/h2-3,8,10H,4-7H2,1H3. The Morgan fingerprint density at radius 1 is 1.30 bits per heavy atom. The fraction of sp³-hybridized carbons (Fsp3) is 0.500. The summed E-state index contributed by atoms with van der Waals surface area (Å²) in [5.41, 5.74) is 0. The third-order valence-electron chi connectivity index (χ3n) is 3.98.